The molecule has 0 saturated heterocycles. The number of hydrogen-bond donors (Lipinski definition) is 0. The van der Waals surface area contributed by atoms with Crippen LogP contribution in [-0.4, -0.2) is 5.78 Å². The zero-order valence-corrected chi connectivity index (χ0v) is 10.5. The lowest BCUT2D eigenvalue weighted by atomic mass is 9.74. The van der Waals surface area contributed by atoms with E-state index in [4.69, 9.17) is 0 Å². The van der Waals surface area contributed by atoms with Crippen LogP contribution in [0.25, 0.3) is 0 Å². The highest BCUT2D eigenvalue weighted by atomic mass is 19.1. The molecule has 0 aromatic heterocycles. The highest BCUT2D eigenvalue weighted by Crippen LogP contribution is 2.38. The van der Waals surface area contributed by atoms with E-state index in [9.17, 15) is 18.0 Å². The third-order valence-electron chi connectivity index (χ3n) is 3.68. The molecule has 4 heteroatoms. The number of rotatable bonds is 3. The van der Waals surface area contributed by atoms with E-state index in [1.807, 2.05) is 24.3 Å². The number of fused-ring (bicyclic) bond motifs is 1. The first-order chi connectivity index (χ1) is 9.56. The zero-order chi connectivity index (χ0) is 14.3. The summed E-state index contributed by atoms with van der Waals surface area (Å²) < 4.78 is 39.9. The molecule has 1 nitrogen and oxygen atoms in total. The molecule has 1 unspecified atom stereocenters. The van der Waals surface area contributed by atoms with Gasteiger partial charge in [0.1, 0.15) is 17.5 Å². The maximum atomic E-state index is 13.5. The van der Waals surface area contributed by atoms with Gasteiger partial charge in [-0.1, -0.05) is 24.3 Å². The van der Waals surface area contributed by atoms with Crippen molar-refractivity contribution >= 4 is 5.78 Å². The highest BCUT2D eigenvalue weighted by Gasteiger charge is 2.29. The molecule has 1 atom stereocenters. The van der Waals surface area contributed by atoms with Gasteiger partial charge in [0, 0.05) is 18.6 Å². The van der Waals surface area contributed by atoms with Crippen LogP contribution in [0.3, 0.4) is 0 Å². The van der Waals surface area contributed by atoms with E-state index in [2.05, 4.69) is 0 Å². The van der Waals surface area contributed by atoms with Gasteiger partial charge in [-0.05, 0) is 23.5 Å². The number of benzene rings is 2. The van der Waals surface area contributed by atoms with Crippen molar-refractivity contribution in [2.45, 2.75) is 18.8 Å². The molecule has 2 aromatic rings. The minimum atomic E-state index is -1.14. The fourth-order valence-electron chi connectivity index (χ4n) is 2.68. The smallest absolute Gasteiger partial charge is 0.169 e. The van der Waals surface area contributed by atoms with E-state index in [0.29, 0.717) is 12.1 Å². The Hall–Kier alpha value is -2.10. The van der Waals surface area contributed by atoms with Crippen molar-refractivity contribution in [3.05, 3.63) is 70.5 Å². The van der Waals surface area contributed by atoms with Crippen molar-refractivity contribution in [3.63, 3.8) is 0 Å². The summed E-state index contributed by atoms with van der Waals surface area (Å²) in [5.41, 5.74) is 1.56. The largest absolute Gasteiger partial charge is 0.294 e. The first-order valence-corrected chi connectivity index (χ1v) is 6.32. The van der Waals surface area contributed by atoms with E-state index in [1.54, 1.807) is 0 Å². The topological polar surface area (TPSA) is 17.1 Å². The van der Waals surface area contributed by atoms with E-state index in [1.165, 1.54) is 0 Å². The summed E-state index contributed by atoms with van der Waals surface area (Å²) in [5, 5.41) is 0. The van der Waals surface area contributed by atoms with Gasteiger partial charge in [0.2, 0.25) is 0 Å². The summed E-state index contributed by atoms with van der Waals surface area (Å²) in [7, 11) is 0. The van der Waals surface area contributed by atoms with E-state index in [-0.39, 0.29) is 12.3 Å². The Morgan fingerprint density at radius 1 is 1.10 bits per heavy atom. The predicted molar refractivity (Wildman–Crippen MR) is 68.2 cm³/mol. The number of hydrogen-bond acceptors (Lipinski definition) is 1. The molecule has 0 saturated carbocycles. The number of carbonyl (C=O) groups excluding carboxylic acids is 1. The lowest BCUT2D eigenvalue weighted by Gasteiger charge is -2.29. The monoisotopic (exact) mass is 276 g/mol. The Morgan fingerprint density at radius 2 is 1.75 bits per heavy atom. The first kappa shape index (κ1) is 12.9. The average Bonchev–Trinajstić information content (AvgIpc) is 2.34. The van der Waals surface area contributed by atoms with Gasteiger partial charge in [-0.15, -0.1) is 0 Å². The molecule has 0 aliphatic heterocycles. The molecule has 0 spiro atoms. The molecule has 0 radical (unpaired) electrons. The maximum Gasteiger partial charge on any atom is 0.169 e. The van der Waals surface area contributed by atoms with Crippen molar-refractivity contribution < 1.29 is 18.0 Å². The van der Waals surface area contributed by atoms with Gasteiger partial charge in [-0.3, -0.25) is 4.79 Å². The summed E-state index contributed by atoms with van der Waals surface area (Å²) in [6, 6.07) is 8.73. The molecule has 20 heavy (non-hydrogen) atoms. The van der Waals surface area contributed by atoms with Gasteiger partial charge in [0.05, 0.1) is 5.56 Å². The molecule has 1 aliphatic rings. The van der Waals surface area contributed by atoms with Crippen LogP contribution in [0, 0.1) is 17.5 Å². The maximum absolute atomic E-state index is 13.5. The van der Waals surface area contributed by atoms with Crippen molar-refractivity contribution in [3.8, 4) is 0 Å². The van der Waals surface area contributed by atoms with E-state index in [0.717, 1.165) is 17.5 Å². The Morgan fingerprint density at radius 3 is 2.40 bits per heavy atom. The highest BCUT2D eigenvalue weighted by molar-refractivity contribution is 5.97. The van der Waals surface area contributed by atoms with Crippen molar-refractivity contribution in [2.24, 2.45) is 0 Å². The molecule has 3 rings (SSSR count). The second kappa shape index (κ2) is 4.78. The number of halogens is 3. The van der Waals surface area contributed by atoms with Gasteiger partial charge in [0.15, 0.2) is 5.78 Å². The minimum absolute atomic E-state index is 0.0115. The van der Waals surface area contributed by atoms with Crippen LogP contribution in [0.4, 0.5) is 13.2 Å². The summed E-state index contributed by atoms with van der Waals surface area (Å²) in [4.78, 5) is 12.0. The lowest BCUT2D eigenvalue weighted by Crippen LogP contribution is -2.21. The Kier molecular flexibility index (Phi) is 3.08. The number of carbonyl (C=O) groups is 1. The molecule has 102 valence electrons. The van der Waals surface area contributed by atoms with Crippen molar-refractivity contribution in [1.29, 1.82) is 0 Å². The summed E-state index contributed by atoms with van der Waals surface area (Å²) in [5.74, 6) is -3.94. The fraction of sp³-hybridized carbons (Fsp3) is 0.188. The average molecular weight is 276 g/mol. The zero-order valence-electron chi connectivity index (χ0n) is 10.5. The number of Topliss-reactive ketones (excluding diaryl/α,β-unsaturated/α-hetero) is 1. The normalized spacial score (nSPS) is 16.4. The SMILES string of the molecule is O=C(CC1Cc2ccccc21)c1c(F)cc(F)cc1F. The molecular formula is C16H11F3O. The molecular weight excluding hydrogens is 265 g/mol. The van der Waals surface area contributed by atoms with Gasteiger partial charge < -0.3 is 0 Å². The molecule has 2 aromatic carbocycles. The summed E-state index contributed by atoms with van der Waals surface area (Å²) >= 11 is 0. The molecule has 0 N–H and O–H groups in total. The Balaban J connectivity index is 1.82. The first-order valence-electron chi connectivity index (χ1n) is 6.32. The molecule has 0 fully saturated rings. The molecule has 1 aliphatic carbocycles. The van der Waals surface area contributed by atoms with Crippen LogP contribution in [0.5, 0.6) is 0 Å². The van der Waals surface area contributed by atoms with Gasteiger partial charge in [-0.2, -0.15) is 0 Å². The lowest BCUT2D eigenvalue weighted by molar-refractivity contribution is 0.0962. The van der Waals surface area contributed by atoms with Crippen molar-refractivity contribution in [1.82, 2.24) is 0 Å². The van der Waals surface area contributed by atoms with Gasteiger partial charge >= 0.3 is 0 Å². The third kappa shape index (κ3) is 2.11. The van der Waals surface area contributed by atoms with Crippen LogP contribution in [0.2, 0.25) is 0 Å². The molecule has 0 bridgehead atoms. The van der Waals surface area contributed by atoms with Crippen LogP contribution in [0.1, 0.15) is 33.8 Å². The predicted octanol–water partition coefficient (Wildman–Crippen LogP) is 4.02. The third-order valence-corrected chi connectivity index (χ3v) is 3.68. The van der Waals surface area contributed by atoms with Crippen LogP contribution >= 0.6 is 0 Å². The second-order valence-electron chi connectivity index (χ2n) is 4.97. The van der Waals surface area contributed by atoms with E-state index < -0.39 is 28.8 Å². The molecule has 0 heterocycles. The Bertz CT molecular complexity index is 671. The summed E-state index contributed by atoms with van der Waals surface area (Å²) in [6.07, 6.45) is 0.767. The van der Waals surface area contributed by atoms with Gasteiger partial charge in [-0.25, -0.2) is 13.2 Å². The fourth-order valence-corrected chi connectivity index (χ4v) is 2.68. The van der Waals surface area contributed by atoms with Crippen LogP contribution < -0.4 is 0 Å². The standard InChI is InChI=1S/C16H11F3O/c17-11-7-13(18)16(14(19)8-11)15(20)6-10-5-9-3-1-2-4-12(9)10/h1-4,7-8,10H,5-6H2. The van der Waals surface area contributed by atoms with E-state index >= 15 is 0 Å². The van der Waals surface area contributed by atoms with Crippen LogP contribution in [0.15, 0.2) is 36.4 Å². The number of ketones is 1. The van der Waals surface area contributed by atoms with Crippen molar-refractivity contribution in [2.75, 3.05) is 0 Å². The Labute approximate surface area is 114 Å². The molecule has 0 amide bonds. The minimum Gasteiger partial charge on any atom is -0.294 e. The quantitative estimate of drug-likeness (QED) is 0.774. The second-order valence-corrected chi connectivity index (χ2v) is 4.97. The summed E-state index contributed by atoms with van der Waals surface area (Å²) in [6.45, 7) is 0. The van der Waals surface area contributed by atoms with Gasteiger partial charge in [0.25, 0.3) is 0 Å². The van der Waals surface area contributed by atoms with Crippen LogP contribution in [-0.2, 0) is 6.42 Å².